The second kappa shape index (κ2) is 5.16. The predicted molar refractivity (Wildman–Crippen MR) is 71.6 cm³/mol. The van der Waals surface area contributed by atoms with E-state index in [1.807, 2.05) is 12.3 Å². The lowest BCUT2D eigenvalue weighted by Crippen LogP contribution is -2.37. The fourth-order valence-corrected chi connectivity index (χ4v) is 2.05. The van der Waals surface area contributed by atoms with Crippen molar-refractivity contribution in [3.05, 3.63) is 16.3 Å². The van der Waals surface area contributed by atoms with Gasteiger partial charge in [0.05, 0.1) is 5.01 Å². The highest BCUT2D eigenvalue weighted by molar-refractivity contribution is 7.09. The van der Waals surface area contributed by atoms with Crippen LogP contribution in [0.4, 0.5) is 0 Å². The fraction of sp³-hybridized carbons (Fsp3) is 0.583. The third-order valence-corrected chi connectivity index (χ3v) is 3.07. The Morgan fingerprint density at radius 2 is 2.11 bits per heavy atom. The van der Waals surface area contributed by atoms with Crippen LogP contribution < -0.4 is 5.32 Å². The highest BCUT2D eigenvalue weighted by Gasteiger charge is 2.12. The van der Waals surface area contributed by atoms with Gasteiger partial charge in [0.15, 0.2) is 0 Å². The molecular formula is C12H18N4OS. The summed E-state index contributed by atoms with van der Waals surface area (Å²) in [5.41, 5.74) is 0.870. The van der Waals surface area contributed by atoms with Gasteiger partial charge in [-0.3, -0.25) is 0 Å². The lowest BCUT2D eigenvalue weighted by Gasteiger charge is -2.19. The zero-order valence-electron chi connectivity index (χ0n) is 11.1. The van der Waals surface area contributed by atoms with Crippen LogP contribution in [0.3, 0.4) is 0 Å². The summed E-state index contributed by atoms with van der Waals surface area (Å²) in [6, 6.07) is 0. The quantitative estimate of drug-likeness (QED) is 0.920. The summed E-state index contributed by atoms with van der Waals surface area (Å²) in [5, 5.41) is 14.4. The fourth-order valence-electron chi connectivity index (χ4n) is 1.46. The van der Waals surface area contributed by atoms with E-state index in [-0.39, 0.29) is 5.54 Å². The molecule has 0 spiro atoms. The number of hydrogen-bond acceptors (Lipinski definition) is 6. The Hall–Kier alpha value is -1.27. The molecule has 2 heterocycles. The minimum absolute atomic E-state index is 0.106. The highest BCUT2D eigenvalue weighted by atomic mass is 32.1. The van der Waals surface area contributed by atoms with Crippen molar-refractivity contribution in [1.82, 2.24) is 20.5 Å². The molecule has 0 saturated carbocycles. The molecule has 2 aromatic heterocycles. The van der Waals surface area contributed by atoms with Gasteiger partial charge in [-0.25, -0.2) is 4.98 Å². The Morgan fingerprint density at radius 3 is 2.72 bits per heavy atom. The maximum absolute atomic E-state index is 5.58. The Kier molecular flexibility index (Phi) is 3.77. The third kappa shape index (κ3) is 3.61. The Bertz CT molecular complexity index is 512. The maximum Gasteiger partial charge on any atom is 0.267 e. The number of nitrogens with zero attached hydrogens (tertiary/aromatic N) is 3. The topological polar surface area (TPSA) is 63.8 Å². The van der Waals surface area contributed by atoms with Gasteiger partial charge in [-0.1, -0.05) is 0 Å². The van der Waals surface area contributed by atoms with E-state index in [0.717, 1.165) is 23.7 Å². The molecule has 18 heavy (non-hydrogen) atoms. The van der Waals surface area contributed by atoms with Crippen LogP contribution in [0, 0.1) is 6.92 Å². The molecule has 6 heteroatoms. The van der Waals surface area contributed by atoms with Gasteiger partial charge in [-0.15, -0.1) is 21.5 Å². The van der Waals surface area contributed by atoms with Crippen LogP contribution >= 0.6 is 11.3 Å². The molecule has 0 atom stereocenters. The Balaban J connectivity index is 1.94. The van der Waals surface area contributed by atoms with Crippen molar-refractivity contribution in [3.63, 3.8) is 0 Å². The lowest BCUT2D eigenvalue weighted by molar-refractivity contribution is 0.411. The molecular weight excluding hydrogens is 248 g/mol. The first-order valence-corrected chi connectivity index (χ1v) is 6.82. The highest BCUT2D eigenvalue weighted by Crippen LogP contribution is 2.20. The summed E-state index contributed by atoms with van der Waals surface area (Å²) < 4.78 is 5.58. The summed E-state index contributed by atoms with van der Waals surface area (Å²) in [4.78, 5) is 4.32. The smallest absolute Gasteiger partial charge is 0.267 e. The van der Waals surface area contributed by atoms with Crippen LogP contribution in [0.25, 0.3) is 11.6 Å². The van der Waals surface area contributed by atoms with E-state index in [9.17, 15) is 0 Å². The number of rotatable bonds is 4. The van der Waals surface area contributed by atoms with Crippen molar-refractivity contribution in [2.75, 3.05) is 6.54 Å². The summed E-state index contributed by atoms with van der Waals surface area (Å²) in [5.74, 6) is 1.15. The van der Waals surface area contributed by atoms with Crippen LogP contribution in [0.5, 0.6) is 0 Å². The first-order chi connectivity index (χ1) is 8.44. The molecule has 0 aliphatic heterocycles. The molecule has 0 saturated heterocycles. The molecule has 1 N–H and O–H groups in total. The SMILES string of the molecule is Cc1nc(-c2nnc(CCNC(C)(C)C)o2)cs1. The van der Waals surface area contributed by atoms with Gasteiger partial charge in [0.2, 0.25) is 5.89 Å². The average molecular weight is 266 g/mol. The maximum atomic E-state index is 5.58. The molecule has 0 fully saturated rings. The molecule has 2 aromatic rings. The predicted octanol–water partition coefficient (Wildman–Crippen LogP) is 2.43. The van der Waals surface area contributed by atoms with Gasteiger partial charge in [0, 0.05) is 23.9 Å². The molecule has 0 amide bonds. The van der Waals surface area contributed by atoms with E-state index >= 15 is 0 Å². The van der Waals surface area contributed by atoms with Crippen LogP contribution in [0.2, 0.25) is 0 Å². The van der Waals surface area contributed by atoms with Gasteiger partial charge in [-0.05, 0) is 27.7 Å². The standard InChI is InChI=1S/C12H18N4OS/c1-8-14-9(7-18-8)11-16-15-10(17-11)5-6-13-12(2,3)4/h7,13H,5-6H2,1-4H3. The molecule has 0 bridgehead atoms. The Labute approximate surface area is 111 Å². The van der Waals surface area contributed by atoms with E-state index in [1.165, 1.54) is 0 Å². The second-order valence-electron chi connectivity index (χ2n) is 5.18. The molecule has 5 nitrogen and oxygen atoms in total. The first-order valence-electron chi connectivity index (χ1n) is 5.94. The lowest BCUT2D eigenvalue weighted by atomic mass is 10.1. The molecule has 2 rings (SSSR count). The van der Waals surface area contributed by atoms with Crippen molar-refractivity contribution in [3.8, 4) is 11.6 Å². The third-order valence-electron chi connectivity index (χ3n) is 2.30. The van der Waals surface area contributed by atoms with E-state index in [2.05, 4.69) is 41.3 Å². The number of aromatic nitrogens is 3. The van der Waals surface area contributed by atoms with E-state index in [0.29, 0.717) is 11.8 Å². The summed E-state index contributed by atoms with van der Waals surface area (Å²) >= 11 is 1.58. The van der Waals surface area contributed by atoms with Crippen molar-refractivity contribution < 1.29 is 4.42 Å². The first kappa shape index (κ1) is 13.2. The summed E-state index contributed by atoms with van der Waals surface area (Å²) in [6.45, 7) is 9.17. The van der Waals surface area contributed by atoms with Gasteiger partial charge >= 0.3 is 0 Å². The number of thiazole rings is 1. The molecule has 0 aromatic carbocycles. The zero-order valence-corrected chi connectivity index (χ0v) is 12.0. The molecule has 98 valence electrons. The van der Waals surface area contributed by atoms with Gasteiger partial charge in [0.25, 0.3) is 5.89 Å². The largest absolute Gasteiger partial charge is 0.419 e. The zero-order chi connectivity index (χ0) is 13.2. The van der Waals surface area contributed by atoms with Gasteiger partial charge in [0.1, 0.15) is 5.69 Å². The number of aryl methyl sites for hydroxylation is 1. The Morgan fingerprint density at radius 1 is 1.33 bits per heavy atom. The minimum Gasteiger partial charge on any atom is -0.419 e. The van der Waals surface area contributed by atoms with Crippen molar-refractivity contribution in [1.29, 1.82) is 0 Å². The van der Waals surface area contributed by atoms with Crippen LogP contribution in [0.1, 0.15) is 31.7 Å². The van der Waals surface area contributed by atoms with Gasteiger partial charge < -0.3 is 9.73 Å². The molecule has 0 aliphatic carbocycles. The normalized spacial score (nSPS) is 12.0. The van der Waals surface area contributed by atoms with Crippen molar-refractivity contribution in [2.24, 2.45) is 0 Å². The molecule has 0 radical (unpaired) electrons. The average Bonchev–Trinajstić information content (AvgIpc) is 2.85. The van der Waals surface area contributed by atoms with Crippen molar-refractivity contribution in [2.45, 2.75) is 39.7 Å². The second-order valence-corrected chi connectivity index (χ2v) is 6.24. The van der Waals surface area contributed by atoms with E-state index in [4.69, 9.17) is 4.42 Å². The van der Waals surface area contributed by atoms with Crippen LogP contribution in [-0.4, -0.2) is 27.3 Å². The monoisotopic (exact) mass is 266 g/mol. The van der Waals surface area contributed by atoms with E-state index in [1.54, 1.807) is 11.3 Å². The molecule has 0 unspecified atom stereocenters. The summed E-state index contributed by atoms with van der Waals surface area (Å²) in [6.07, 6.45) is 0.730. The van der Waals surface area contributed by atoms with Crippen LogP contribution in [-0.2, 0) is 6.42 Å². The molecule has 0 aliphatic rings. The minimum atomic E-state index is 0.106. The summed E-state index contributed by atoms with van der Waals surface area (Å²) in [7, 11) is 0. The van der Waals surface area contributed by atoms with Gasteiger partial charge in [-0.2, -0.15) is 0 Å². The number of hydrogen-bond donors (Lipinski definition) is 1. The number of nitrogens with one attached hydrogen (secondary N) is 1. The van der Waals surface area contributed by atoms with E-state index < -0.39 is 0 Å². The van der Waals surface area contributed by atoms with Crippen molar-refractivity contribution >= 4 is 11.3 Å². The van der Waals surface area contributed by atoms with Crippen LogP contribution in [0.15, 0.2) is 9.80 Å².